The topological polar surface area (TPSA) is 71.5 Å². The largest absolute Gasteiger partial charge is 0.444 e. The number of fused-ring (bicyclic) bond motifs is 3. The van der Waals surface area contributed by atoms with Crippen molar-refractivity contribution >= 4 is 23.1 Å². The molecule has 0 aliphatic carbocycles. The summed E-state index contributed by atoms with van der Waals surface area (Å²) in [5.74, 6) is 0.921. The van der Waals surface area contributed by atoms with E-state index in [0.29, 0.717) is 18.7 Å². The summed E-state index contributed by atoms with van der Waals surface area (Å²) in [5.41, 5.74) is 0.992. The van der Waals surface area contributed by atoms with Crippen LogP contribution in [0.2, 0.25) is 0 Å². The number of piperazine rings is 1. The minimum Gasteiger partial charge on any atom is -0.444 e. The number of hydrogen-bond donors (Lipinski definition) is 0. The second-order valence-corrected chi connectivity index (χ2v) is 7.75. The molecule has 4 heterocycles. The highest BCUT2D eigenvalue weighted by Gasteiger charge is 2.43. The van der Waals surface area contributed by atoms with Gasteiger partial charge in [-0.3, -0.25) is 4.98 Å². The quantitative estimate of drug-likeness (QED) is 0.794. The standard InChI is InChI=1S/C18H23N5O2/c1-18(2,3)25-17(24)22-10-12-4-5-13(11-22)23(12)15-7-6-14-16(21-15)20-9-8-19-14/h6-9,12-13H,4-5,10-11H2,1-3H3. The van der Waals surface area contributed by atoms with E-state index in [1.807, 2.05) is 37.8 Å². The summed E-state index contributed by atoms with van der Waals surface area (Å²) in [7, 11) is 0. The Morgan fingerprint density at radius 2 is 1.80 bits per heavy atom. The zero-order chi connectivity index (χ0) is 17.6. The van der Waals surface area contributed by atoms with Crippen molar-refractivity contribution in [1.29, 1.82) is 0 Å². The first-order valence-corrected chi connectivity index (χ1v) is 8.75. The van der Waals surface area contributed by atoms with E-state index in [2.05, 4.69) is 19.9 Å². The molecule has 2 aliphatic rings. The van der Waals surface area contributed by atoms with Crippen molar-refractivity contribution in [1.82, 2.24) is 19.9 Å². The maximum atomic E-state index is 12.4. The number of ether oxygens (including phenoxy) is 1. The van der Waals surface area contributed by atoms with E-state index < -0.39 is 5.60 Å². The zero-order valence-corrected chi connectivity index (χ0v) is 14.8. The molecule has 4 rings (SSSR count). The van der Waals surface area contributed by atoms with Crippen molar-refractivity contribution in [3.63, 3.8) is 0 Å². The molecule has 2 aromatic rings. The second kappa shape index (κ2) is 5.82. The first-order chi connectivity index (χ1) is 11.9. The fraction of sp³-hybridized carbons (Fsp3) is 0.556. The molecule has 0 radical (unpaired) electrons. The summed E-state index contributed by atoms with van der Waals surface area (Å²) in [5, 5.41) is 0. The third-order valence-electron chi connectivity index (χ3n) is 4.72. The Balaban J connectivity index is 1.54. The summed E-state index contributed by atoms with van der Waals surface area (Å²) in [6, 6.07) is 4.51. The van der Waals surface area contributed by atoms with Gasteiger partial charge >= 0.3 is 6.09 Å². The van der Waals surface area contributed by atoms with E-state index in [9.17, 15) is 4.79 Å². The smallest absolute Gasteiger partial charge is 0.410 e. The van der Waals surface area contributed by atoms with Crippen LogP contribution in [-0.2, 0) is 4.74 Å². The van der Waals surface area contributed by atoms with Crippen molar-refractivity contribution < 1.29 is 9.53 Å². The SMILES string of the molecule is CC(C)(C)OC(=O)N1CC2CCC(C1)N2c1ccc2nccnc2n1. The molecule has 2 unspecified atom stereocenters. The fourth-order valence-electron chi connectivity index (χ4n) is 3.74. The van der Waals surface area contributed by atoms with Gasteiger partial charge in [0.1, 0.15) is 16.9 Å². The van der Waals surface area contributed by atoms with Crippen molar-refractivity contribution in [2.24, 2.45) is 0 Å². The number of hydrogen-bond acceptors (Lipinski definition) is 6. The number of carbonyl (C=O) groups excluding carboxylic acids is 1. The molecular formula is C18H23N5O2. The summed E-state index contributed by atoms with van der Waals surface area (Å²) in [6.07, 6.45) is 5.23. The van der Waals surface area contributed by atoms with Crippen LogP contribution in [0.5, 0.6) is 0 Å². The van der Waals surface area contributed by atoms with E-state index in [-0.39, 0.29) is 18.2 Å². The highest BCUT2D eigenvalue weighted by Crippen LogP contribution is 2.34. The average Bonchev–Trinajstić information content (AvgIpc) is 2.82. The van der Waals surface area contributed by atoms with Crippen LogP contribution in [0.15, 0.2) is 24.5 Å². The van der Waals surface area contributed by atoms with E-state index in [0.717, 1.165) is 24.2 Å². The van der Waals surface area contributed by atoms with Crippen LogP contribution in [0, 0.1) is 0 Å². The van der Waals surface area contributed by atoms with Gasteiger partial charge in [0, 0.05) is 37.6 Å². The molecule has 0 saturated carbocycles. The maximum Gasteiger partial charge on any atom is 0.410 e. The Bertz CT molecular complexity index is 789. The van der Waals surface area contributed by atoms with Crippen molar-refractivity contribution in [2.45, 2.75) is 51.3 Å². The summed E-state index contributed by atoms with van der Waals surface area (Å²) in [6.45, 7) is 7.04. The van der Waals surface area contributed by atoms with Crippen molar-refractivity contribution in [3.8, 4) is 0 Å². The molecule has 0 N–H and O–H groups in total. The first-order valence-electron chi connectivity index (χ1n) is 8.75. The van der Waals surface area contributed by atoms with E-state index in [4.69, 9.17) is 4.74 Å². The number of amides is 1. The van der Waals surface area contributed by atoms with Crippen LogP contribution in [0.1, 0.15) is 33.6 Å². The van der Waals surface area contributed by atoms with Crippen LogP contribution in [0.3, 0.4) is 0 Å². The molecule has 2 atom stereocenters. The van der Waals surface area contributed by atoms with Crippen molar-refractivity contribution in [3.05, 3.63) is 24.5 Å². The number of likely N-dealkylation sites (tertiary alicyclic amines) is 1. The van der Waals surface area contributed by atoms with E-state index >= 15 is 0 Å². The Hall–Kier alpha value is -2.44. The molecule has 132 valence electrons. The van der Waals surface area contributed by atoms with Gasteiger partial charge in [-0.25, -0.2) is 14.8 Å². The number of aromatic nitrogens is 3. The third-order valence-corrected chi connectivity index (χ3v) is 4.72. The van der Waals surface area contributed by atoms with E-state index in [1.165, 1.54) is 0 Å². The lowest BCUT2D eigenvalue weighted by atomic mass is 10.2. The number of carbonyl (C=O) groups is 1. The first kappa shape index (κ1) is 16.1. The lowest BCUT2D eigenvalue weighted by Gasteiger charge is -2.41. The monoisotopic (exact) mass is 341 g/mol. The van der Waals surface area contributed by atoms with Crippen LogP contribution >= 0.6 is 0 Å². The molecular weight excluding hydrogens is 318 g/mol. The molecule has 2 saturated heterocycles. The van der Waals surface area contributed by atoms with Gasteiger partial charge in [0.2, 0.25) is 0 Å². The number of anilines is 1. The molecule has 2 aromatic heterocycles. The molecule has 2 aliphatic heterocycles. The molecule has 1 amide bonds. The maximum absolute atomic E-state index is 12.4. The highest BCUT2D eigenvalue weighted by atomic mass is 16.6. The molecule has 7 heteroatoms. The zero-order valence-electron chi connectivity index (χ0n) is 14.8. The highest BCUT2D eigenvalue weighted by molar-refractivity contribution is 5.72. The lowest BCUT2D eigenvalue weighted by Crippen LogP contribution is -2.56. The lowest BCUT2D eigenvalue weighted by molar-refractivity contribution is 0.0209. The molecule has 25 heavy (non-hydrogen) atoms. The molecule has 0 aromatic carbocycles. The number of nitrogens with zero attached hydrogens (tertiary/aromatic N) is 5. The predicted molar refractivity (Wildman–Crippen MR) is 94.4 cm³/mol. The van der Waals surface area contributed by atoms with Crippen LogP contribution in [-0.4, -0.2) is 56.7 Å². The Morgan fingerprint density at radius 1 is 1.12 bits per heavy atom. The Labute approximate surface area is 147 Å². The molecule has 2 bridgehead atoms. The minimum absolute atomic E-state index is 0.221. The minimum atomic E-state index is -0.466. The third kappa shape index (κ3) is 3.10. The predicted octanol–water partition coefficient (Wildman–Crippen LogP) is 2.61. The fourth-order valence-corrected chi connectivity index (χ4v) is 3.74. The van der Waals surface area contributed by atoms with Gasteiger partial charge in [-0.1, -0.05) is 0 Å². The molecule has 7 nitrogen and oxygen atoms in total. The van der Waals surface area contributed by atoms with Crippen LogP contribution in [0.4, 0.5) is 10.6 Å². The Kier molecular flexibility index (Phi) is 3.74. The molecule has 0 spiro atoms. The average molecular weight is 341 g/mol. The van der Waals surface area contributed by atoms with Gasteiger partial charge in [-0.15, -0.1) is 0 Å². The van der Waals surface area contributed by atoms with Crippen LogP contribution < -0.4 is 4.90 Å². The van der Waals surface area contributed by atoms with E-state index in [1.54, 1.807) is 12.4 Å². The van der Waals surface area contributed by atoms with Gasteiger partial charge in [0.25, 0.3) is 0 Å². The second-order valence-electron chi connectivity index (χ2n) is 7.75. The van der Waals surface area contributed by atoms with Gasteiger partial charge in [0.05, 0.1) is 0 Å². The Morgan fingerprint density at radius 3 is 2.48 bits per heavy atom. The number of rotatable bonds is 1. The van der Waals surface area contributed by atoms with Gasteiger partial charge in [-0.2, -0.15) is 0 Å². The van der Waals surface area contributed by atoms with Gasteiger partial charge in [0.15, 0.2) is 5.65 Å². The summed E-state index contributed by atoms with van der Waals surface area (Å²) >= 11 is 0. The van der Waals surface area contributed by atoms with Crippen LogP contribution in [0.25, 0.3) is 11.2 Å². The van der Waals surface area contributed by atoms with Gasteiger partial charge < -0.3 is 14.5 Å². The van der Waals surface area contributed by atoms with Gasteiger partial charge in [-0.05, 0) is 45.7 Å². The molecule has 2 fully saturated rings. The summed E-state index contributed by atoms with van der Waals surface area (Å²) < 4.78 is 5.53. The van der Waals surface area contributed by atoms with Crippen molar-refractivity contribution in [2.75, 3.05) is 18.0 Å². The normalized spacial score (nSPS) is 23.2. The number of pyridine rings is 1. The summed E-state index contributed by atoms with van der Waals surface area (Å²) in [4.78, 5) is 29.9.